The van der Waals surface area contributed by atoms with Crippen LogP contribution in [0.4, 0.5) is 0 Å². The minimum Gasteiger partial charge on any atom is -0.324 e. The minimum absolute atomic E-state index is 0.0981. The maximum Gasteiger partial charge on any atom is 0.0304 e. The molecule has 3 rings (SSSR count). The molecule has 0 aromatic heterocycles. The Morgan fingerprint density at radius 1 is 0.889 bits per heavy atom. The highest BCUT2D eigenvalue weighted by molar-refractivity contribution is 6.02. The zero-order chi connectivity index (χ0) is 12.5. The van der Waals surface area contributed by atoms with E-state index in [0.29, 0.717) is 0 Å². The lowest BCUT2D eigenvalue weighted by Crippen LogP contribution is -2.09. The molecule has 0 bridgehead atoms. The Morgan fingerprint density at radius 2 is 1.39 bits per heavy atom. The molecule has 0 heterocycles. The van der Waals surface area contributed by atoms with Crippen molar-refractivity contribution in [3.8, 4) is 0 Å². The van der Waals surface area contributed by atoms with Gasteiger partial charge in [-0.2, -0.15) is 0 Å². The summed E-state index contributed by atoms with van der Waals surface area (Å²) < 4.78 is 0. The van der Waals surface area contributed by atoms with Crippen LogP contribution in [0.3, 0.4) is 0 Å². The molecule has 1 nitrogen and oxygen atoms in total. The summed E-state index contributed by atoms with van der Waals surface area (Å²) in [4.78, 5) is 0. The van der Waals surface area contributed by atoms with E-state index in [2.05, 4.69) is 61.5 Å². The molecular weight excluding hydrogens is 218 g/mol. The zero-order valence-corrected chi connectivity index (χ0v) is 10.6. The van der Waals surface area contributed by atoms with Gasteiger partial charge in [0.25, 0.3) is 0 Å². The molecule has 90 valence electrons. The summed E-state index contributed by atoms with van der Waals surface area (Å²) >= 11 is 0. The van der Waals surface area contributed by atoms with Crippen LogP contribution in [0.2, 0.25) is 0 Å². The quantitative estimate of drug-likeness (QED) is 0.654. The van der Waals surface area contributed by atoms with Gasteiger partial charge in [0.05, 0.1) is 0 Å². The Kier molecular flexibility index (Phi) is 2.77. The van der Waals surface area contributed by atoms with Crippen molar-refractivity contribution < 1.29 is 0 Å². The monoisotopic (exact) mass is 235 g/mol. The van der Waals surface area contributed by atoms with Crippen LogP contribution in [-0.4, -0.2) is 0 Å². The minimum atomic E-state index is 0.0981. The third-order valence-electron chi connectivity index (χ3n) is 3.62. The first-order chi connectivity index (χ1) is 8.81. The van der Waals surface area contributed by atoms with E-state index in [-0.39, 0.29) is 6.04 Å². The molecule has 1 heteroatoms. The summed E-state index contributed by atoms with van der Waals surface area (Å²) in [6, 6.07) is 19.3. The van der Waals surface area contributed by atoms with Crippen LogP contribution in [-0.2, 0) is 0 Å². The predicted octanol–water partition coefficient (Wildman–Crippen LogP) is 4.40. The lowest BCUT2D eigenvalue weighted by Gasteiger charge is -2.16. The van der Waals surface area contributed by atoms with Crippen molar-refractivity contribution in [2.45, 2.75) is 19.4 Å². The molecule has 0 saturated carbocycles. The second-order valence-corrected chi connectivity index (χ2v) is 4.75. The van der Waals surface area contributed by atoms with Crippen molar-refractivity contribution in [2.24, 2.45) is 5.73 Å². The summed E-state index contributed by atoms with van der Waals surface area (Å²) in [7, 11) is 0. The third-order valence-corrected chi connectivity index (χ3v) is 3.62. The summed E-state index contributed by atoms with van der Waals surface area (Å²) in [6.45, 7) is 2.14. The Hall–Kier alpha value is -1.86. The normalized spacial score (nSPS) is 13.0. The topological polar surface area (TPSA) is 26.0 Å². The molecule has 0 aliphatic heterocycles. The molecule has 0 saturated heterocycles. The van der Waals surface area contributed by atoms with Gasteiger partial charge >= 0.3 is 0 Å². The summed E-state index contributed by atoms with van der Waals surface area (Å²) in [5, 5.41) is 5.11. The van der Waals surface area contributed by atoms with Crippen molar-refractivity contribution in [3.63, 3.8) is 0 Å². The van der Waals surface area contributed by atoms with E-state index < -0.39 is 0 Å². The van der Waals surface area contributed by atoms with E-state index in [4.69, 9.17) is 5.73 Å². The highest BCUT2D eigenvalue weighted by Crippen LogP contribution is 2.32. The lowest BCUT2D eigenvalue weighted by molar-refractivity contribution is 0.709. The van der Waals surface area contributed by atoms with Crippen molar-refractivity contribution in [1.29, 1.82) is 0 Å². The second kappa shape index (κ2) is 4.43. The molecule has 0 aliphatic carbocycles. The molecule has 2 N–H and O–H groups in total. The van der Waals surface area contributed by atoms with E-state index in [1.807, 2.05) is 0 Å². The Morgan fingerprint density at radius 3 is 1.89 bits per heavy atom. The molecule has 0 fully saturated rings. The Labute approximate surface area is 107 Å². The van der Waals surface area contributed by atoms with Crippen LogP contribution < -0.4 is 5.73 Å². The van der Waals surface area contributed by atoms with Crippen molar-refractivity contribution >= 4 is 21.5 Å². The molecule has 3 aromatic rings. The molecule has 1 atom stereocenters. The van der Waals surface area contributed by atoms with E-state index >= 15 is 0 Å². The van der Waals surface area contributed by atoms with Crippen molar-refractivity contribution in [3.05, 3.63) is 60.2 Å². The summed E-state index contributed by atoms with van der Waals surface area (Å²) in [5.41, 5.74) is 7.61. The first-order valence-electron chi connectivity index (χ1n) is 6.47. The van der Waals surface area contributed by atoms with Crippen LogP contribution in [0.25, 0.3) is 21.5 Å². The fourth-order valence-electron chi connectivity index (χ4n) is 2.65. The van der Waals surface area contributed by atoms with Gasteiger partial charge in [0, 0.05) is 6.04 Å². The van der Waals surface area contributed by atoms with Crippen molar-refractivity contribution in [2.75, 3.05) is 0 Å². The lowest BCUT2D eigenvalue weighted by atomic mass is 9.91. The van der Waals surface area contributed by atoms with Gasteiger partial charge in [-0.15, -0.1) is 0 Å². The maximum atomic E-state index is 6.33. The number of hydrogen-bond acceptors (Lipinski definition) is 1. The average Bonchev–Trinajstić information content (AvgIpc) is 2.44. The van der Waals surface area contributed by atoms with Crippen LogP contribution >= 0.6 is 0 Å². The van der Waals surface area contributed by atoms with Gasteiger partial charge in [-0.3, -0.25) is 0 Å². The molecule has 0 amide bonds. The SMILES string of the molecule is CC[C@H](N)c1c2ccccc2cc2ccccc12. The third kappa shape index (κ3) is 1.68. The van der Waals surface area contributed by atoms with E-state index in [0.717, 1.165) is 6.42 Å². The van der Waals surface area contributed by atoms with Gasteiger partial charge < -0.3 is 5.73 Å². The van der Waals surface area contributed by atoms with Crippen LogP contribution in [0.15, 0.2) is 54.6 Å². The standard InChI is InChI=1S/C17H17N/c1-2-16(18)17-14-9-5-3-7-12(14)11-13-8-4-6-10-15(13)17/h3-11,16H,2,18H2,1H3/t16-/m0/s1. The van der Waals surface area contributed by atoms with Crippen LogP contribution in [0.5, 0.6) is 0 Å². The number of benzene rings is 3. The molecule has 0 unspecified atom stereocenters. The highest BCUT2D eigenvalue weighted by Gasteiger charge is 2.12. The van der Waals surface area contributed by atoms with Gasteiger partial charge in [0.15, 0.2) is 0 Å². The highest BCUT2D eigenvalue weighted by atomic mass is 14.6. The van der Waals surface area contributed by atoms with E-state index in [1.54, 1.807) is 0 Å². The molecule has 0 aliphatic rings. The van der Waals surface area contributed by atoms with E-state index in [1.165, 1.54) is 27.1 Å². The smallest absolute Gasteiger partial charge is 0.0304 e. The fraction of sp³-hybridized carbons (Fsp3) is 0.176. The first-order valence-corrected chi connectivity index (χ1v) is 6.47. The largest absolute Gasteiger partial charge is 0.324 e. The van der Waals surface area contributed by atoms with E-state index in [9.17, 15) is 0 Å². The molecule has 3 aromatic carbocycles. The number of fused-ring (bicyclic) bond motifs is 2. The zero-order valence-electron chi connectivity index (χ0n) is 10.6. The maximum absolute atomic E-state index is 6.33. The predicted molar refractivity (Wildman–Crippen MR) is 78.7 cm³/mol. The number of hydrogen-bond donors (Lipinski definition) is 1. The summed E-state index contributed by atoms with van der Waals surface area (Å²) in [6.07, 6.45) is 0.956. The Bertz CT molecular complexity index is 646. The molecular formula is C17H17N. The first kappa shape index (κ1) is 11.2. The van der Waals surface area contributed by atoms with Gasteiger partial charge in [-0.1, -0.05) is 55.5 Å². The number of nitrogens with two attached hydrogens (primary N) is 1. The van der Waals surface area contributed by atoms with Gasteiger partial charge in [0.1, 0.15) is 0 Å². The molecule has 0 spiro atoms. The fourth-order valence-corrected chi connectivity index (χ4v) is 2.65. The van der Waals surface area contributed by atoms with Gasteiger partial charge in [0.2, 0.25) is 0 Å². The van der Waals surface area contributed by atoms with Crippen LogP contribution in [0, 0.1) is 0 Å². The molecule has 18 heavy (non-hydrogen) atoms. The Balaban J connectivity index is 2.49. The summed E-state index contributed by atoms with van der Waals surface area (Å²) in [5.74, 6) is 0. The van der Waals surface area contributed by atoms with Gasteiger partial charge in [-0.05, 0) is 39.6 Å². The van der Waals surface area contributed by atoms with Gasteiger partial charge in [-0.25, -0.2) is 0 Å². The number of rotatable bonds is 2. The average molecular weight is 235 g/mol. The van der Waals surface area contributed by atoms with Crippen molar-refractivity contribution in [1.82, 2.24) is 0 Å². The second-order valence-electron chi connectivity index (χ2n) is 4.75. The molecule has 0 radical (unpaired) electrons. The van der Waals surface area contributed by atoms with Crippen LogP contribution in [0.1, 0.15) is 24.9 Å².